The van der Waals surface area contributed by atoms with E-state index in [9.17, 15) is 14.4 Å². The fraction of sp³-hybridized carbons (Fsp3) is 0.519. The van der Waals surface area contributed by atoms with Gasteiger partial charge in [-0.25, -0.2) is 4.79 Å². The van der Waals surface area contributed by atoms with E-state index in [1.807, 2.05) is 36.9 Å². The van der Waals surface area contributed by atoms with Gasteiger partial charge < -0.3 is 19.9 Å². The zero-order valence-corrected chi connectivity index (χ0v) is 20.8. The second-order valence-electron chi connectivity index (χ2n) is 9.16. The molecule has 1 saturated heterocycles. The van der Waals surface area contributed by atoms with E-state index in [4.69, 9.17) is 4.74 Å². The van der Waals surface area contributed by atoms with Gasteiger partial charge in [-0.3, -0.25) is 9.59 Å². The molecule has 0 bridgehead atoms. The molecule has 1 aliphatic rings. The third-order valence-corrected chi connectivity index (χ3v) is 6.83. The summed E-state index contributed by atoms with van der Waals surface area (Å²) in [7, 11) is 0. The first-order chi connectivity index (χ1) is 16.3. The topological polar surface area (TPSA) is 91.5 Å². The number of nitrogens with zero attached hydrogens (tertiary/aromatic N) is 1. The summed E-state index contributed by atoms with van der Waals surface area (Å²) in [4.78, 5) is 42.5. The molecule has 0 spiro atoms. The standard InChI is InChI=1S/C27H37N3O4/c1-5-34-27(33)25-19(3)23(20(4)29-25)11-12-24(31)30-15-13-22(14-16-30)26(32)28-17-18(2)21-9-7-6-8-10-21/h6-10,18,22,29H,5,11-17H2,1-4H3,(H,28,32). The fourth-order valence-corrected chi connectivity index (χ4v) is 4.65. The van der Waals surface area contributed by atoms with Gasteiger partial charge in [0, 0.05) is 37.7 Å². The molecule has 1 unspecified atom stereocenters. The fourth-order valence-electron chi connectivity index (χ4n) is 4.65. The first-order valence-corrected chi connectivity index (χ1v) is 12.3. The summed E-state index contributed by atoms with van der Waals surface area (Å²) in [6.07, 6.45) is 2.33. The minimum atomic E-state index is -0.362. The van der Waals surface area contributed by atoms with Crippen LogP contribution >= 0.6 is 0 Å². The maximum Gasteiger partial charge on any atom is 0.355 e. The molecule has 2 aromatic rings. The van der Waals surface area contributed by atoms with Crippen molar-refractivity contribution in [2.24, 2.45) is 5.92 Å². The van der Waals surface area contributed by atoms with Crippen LogP contribution in [-0.2, 0) is 20.7 Å². The molecule has 2 amide bonds. The lowest BCUT2D eigenvalue weighted by Gasteiger charge is -2.31. The van der Waals surface area contributed by atoms with Crippen LogP contribution in [0.5, 0.6) is 0 Å². The molecule has 34 heavy (non-hydrogen) atoms. The molecule has 7 nitrogen and oxygen atoms in total. The minimum absolute atomic E-state index is 0.0478. The van der Waals surface area contributed by atoms with E-state index in [1.54, 1.807) is 6.92 Å². The van der Waals surface area contributed by atoms with Crippen molar-refractivity contribution in [2.75, 3.05) is 26.2 Å². The van der Waals surface area contributed by atoms with Crippen molar-refractivity contribution in [3.63, 3.8) is 0 Å². The molecule has 3 rings (SSSR count). The highest BCUT2D eigenvalue weighted by atomic mass is 16.5. The van der Waals surface area contributed by atoms with Crippen LogP contribution in [0.3, 0.4) is 0 Å². The van der Waals surface area contributed by atoms with Crippen molar-refractivity contribution in [2.45, 2.75) is 59.3 Å². The normalized spacial score (nSPS) is 15.1. The highest BCUT2D eigenvalue weighted by Gasteiger charge is 2.28. The Kier molecular flexibility index (Phi) is 8.91. The zero-order chi connectivity index (χ0) is 24.7. The summed E-state index contributed by atoms with van der Waals surface area (Å²) in [5, 5.41) is 3.09. The molecular formula is C27H37N3O4. The highest BCUT2D eigenvalue weighted by Crippen LogP contribution is 2.23. The largest absolute Gasteiger partial charge is 0.461 e. The number of benzene rings is 1. The Balaban J connectivity index is 1.44. The lowest BCUT2D eigenvalue weighted by Crippen LogP contribution is -2.43. The Morgan fingerprint density at radius 2 is 1.82 bits per heavy atom. The zero-order valence-electron chi connectivity index (χ0n) is 20.8. The summed E-state index contributed by atoms with van der Waals surface area (Å²) in [6, 6.07) is 10.2. The lowest BCUT2D eigenvalue weighted by atomic mass is 9.94. The maximum atomic E-state index is 12.8. The third-order valence-electron chi connectivity index (χ3n) is 6.83. The van der Waals surface area contributed by atoms with Gasteiger partial charge in [-0.2, -0.15) is 0 Å². The molecule has 1 fully saturated rings. The van der Waals surface area contributed by atoms with E-state index < -0.39 is 0 Å². The molecular weight excluding hydrogens is 430 g/mol. The number of rotatable bonds is 9. The average Bonchev–Trinajstić information content (AvgIpc) is 3.14. The van der Waals surface area contributed by atoms with Crippen LogP contribution < -0.4 is 5.32 Å². The molecule has 1 aliphatic heterocycles. The molecule has 184 valence electrons. The molecule has 2 N–H and O–H groups in total. The second kappa shape index (κ2) is 11.9. The quantitative estimate of drug-likeness (QED) is 0.547. The van der Waals surface area contributed by atoms with Crippen molar-refractivity contribution in [1.29, 1.82) is 0 Å². The van der Waals surface area contributed by atoms with Crippen LogP contribution in [0.2, 0.25) is 0 Å². The number of aromatic amines is 1. The van der Waals surface area contributed by atoms with Gasteiger partial charge in [0.25, 0.3) is 0 Å². The summed E-state index contributed by atoms with van der Waals surface area (Å²) in [6.45, 7) is 9.84. The first kappa shape index (κ1) is 25.5. The lowest BCUT2D eigenvalue weighted by molar-refractivity contribution is -0.135. The van der Waals surface area contributed by atoms with E-state index in [-0.39, 0.29) is 29.6 Å². The van der Waals surface area contributed by atoms with E-state index in [2.05, 4.69) is 29.4 Å². The molecule has 1 aromatic carbocycles. The smallest absolute Gasteiger partial charge is 0.355 e. The van der Waals surface area contributed by atoms with Crippen LogP contribution in [0, 0.1) is 19.8 Å². The van der Waals surface area contributed by atoms with E-state index >= 15 is 0 Å². The van der Waals surface area contributed by atoms with Crippen molar-refractivity contribution in [3.8, 4) is 0 Å². The van der Waals surface area contributed by atoms with Gasteiger partial charge in [0.15, 0.2) is 0 Å². The van der Waals surface area contributed by atoms with Crippen molar-refractivity contribution in [3.05, 3.63) is 58.4 Å². The van der Waals surface area contributed by atoms with Gasteiger partial charge in [0.1, 0.15) is 5.69 Å². The molecule has 0 aliphatic carbocycles. The molecule has 0 saturated carbocycles. The predicted molar refractivity (Wildman–Crippen MR) is 132 cm³/mol. The number of aryl methyl sites for hydroxylation is 1. The van der Waals surface area contributed by atoms with Crippen molar-refractivity contribution >= 4 is 17.8 Å². The number of nitrogens with one attached hydrogen (secondary N) is 2. The number of aromatic nitrogens is 1. The Hall–Kier alpha value is -3.09. The minimum Gasteiger partial charge on any atom is -0.461 e. The molecule has 1 atom stereocenters. The number of hydrogen-bond donors (Lipinski definition) is 2. The van der Waals surface area contributed by atoms with Crippen LogP contribution in [-0.4, -0.2) is 53.9 Å². The summed E-state index contributed by atoms with van der Waals surface area (Å²) < 4.78 is 5.10. The molecule has 2 heterocycles. The third kappa shape index (κ3) is 6.27. The number of likely N-dealkylation sites (tertiary alicyclic amines) is 1. The van der Waals surface area contributed by atoms with Gasteiger partial charge >= 0.3 is 5.97 Å². The van der Waals surface area contributed by atoms with Crippen LogP contribution in [0.1, 0.15) is 71.9 Å². The summed E-state index contributed by atoms with van der Waals surface area (Å²) in [5.41, 5.74) is 4.43. The number of piperidine rings is 1. The Bertz CT molecular complexity index is 991. The van der Waals surface area contributed by atoms with Gasteiger partial charge in [-0.1, -0.05) is 37.3 Å². The van der Waals surface area contributed by atoms with Crippen LogP contribution in [0.25, 0.3) is 0 Å². The Morgan fingerprint density at radius 1 is 1.15 bits per heavy atom. The van der Waals surface area contributed by atoms with E-state index in [0.717, 1.165) is 16.8 Å². The molecule has 7 heteroatoms. The molecule has 0 radical (unpaired) electrons. The number of carbonyl (C=O) groups excluding carboxylic acids is 3. The van der Waals surface area contributed by atoms with Gasteiger partial charge in [-0.15, -0.1) is 0 Å². The number of amides is 2. The van der Waals surface area contributed by atoms with Crippen LogP contribution in [0.4, 0.5) is 0 Å². The number of carbonyl (C=O) groups is 3. The Morgan fingerprint density at radius 3 is 2.47 bits per heavy atom. The predicted octanol–water partition coefficient (Wildman–Crippen LogP) is 3.90. The van der Waals surface area contributed by atoms with E-state index in [1.165, 1.54) is 5.56 Å². The number of H-pyrrole nitrogens is 1. The number of esters is 1. The maximum absolute atomic E-state index is 12.8. The van der Waals surface area contributed by atoms with Gasteiger partial charge in [0.05, 0.1) is 6.61 Å². The highest BCUT2D eigenvalue weighted by molar-refractivity contribution is 5.90. The second-order valence-corrected chi connectivity index (χ2v) is 9.16. The number of hydrogen-bond acceptors (Lipinski definition) is 4. The van der Waals surface area contributed by atoms with Crippen LogP contribution in [0.15, 0.2) is 30.3 Å². The SMILES string of the molecule is CCOC(=O)c1[nH]c(C)c(CCC(=O)N2CCC(C(=O)NCC(C)c3ccccc3)CC2)c1C. The van der Waals surface area contributed by atoms with Gasteiger partial charge in [-0.05, 0) is 62.6 Å². The summed E-state index contributed by atoms with van der Waals surface area (Å²) in [5.74, 6) is 0.0261. The Labute approximate surface area is 202 Å². The van der Waals surface area contributed by atoms with Crippen molar-refractivity contribution < 1.29 is 19.1 Å². The summed E-state index contributed by atoms with van der Waals surface area (Å²) >= 11 is 0. The monoisotopic (exact) mass is 467 g/mol. The number of ether oxygens (including phenoxy) is 1. The molecule has 1 aromatic heterocycles. The first-order valence-electron chi connectivity index (χ1n) is 12.3. The van der Waals surface area contributed by atoms with E-state index in [0.29, 0.717) is 57.6 Å². The van der Waals surface area contributed by atoms with Crippen molar-refractivity contribution in [1.82, 2.24) is 15.2 Å². The average molecular weight is 468 g/mol. The van der Waals surface area contributed by atoms with Gasteiger partial charge in [0.2, 0.25) is 11.8 Å².